The van der Waals surface area contributed by atoms with Crippen LogP contribution in [0.4, 0.5) is 5.82 Å². The molecule has 1 saturated heterocycles. The number of anilines is 1. The number of nitrogens with zero attached hydrogens (tertiary/aromatic N) is 1. The predicted molar refractivity (Wildman–Crippen MR) is 162 cm³/mol. The topological polar surface area (TPSA) is 132 Å². The second-order valence-corrected chi connectivity index (χ2v) is 13.3. The molecule has 2 heterocycles. The Bertz CT molecular complexity index is 1500. The van der Waals surface area contributed by atoms with Gasteiger partial charge in [0.1, 0.15) is 12.4 Å². The lowest BCUT2D eigenvalue weighted by Gasteiger charge is -2.59. The number of ketones is 2. The summed E-state index contributed by atoms with van der Waals surface area (Å²) >= 11 is 0. The van der Waals surface area contributed by atoms with E-state index < -0.39 is 41.5 Å². The van der Waals surface area contributed by atoms with Crippen molar-refractivity contribution in [2.75, 3.05) is 12.3 Å². The van der Waals surface area contributed by atoms with E-state index in [0.29, 0.717) is 25.1 Å². The van der Waals surface area contributed by atoms with Gasteiger partial charge in [-0.3, -0.25) is 9.59 Å². The van der Waals surface area contributed by atoms with Crippen molar-refractivity contribution in [1.29, 1.82) is 0 Å². The van der Waals surface area contributed by atoms with Crippen LogP contribution in [-0.2, 0) is 25.5 Å². The molecule has 1 aromatic carbocycles. The van der Waals surface area contributed by atoms with Crippen molar-refractivity contribution < 1.29 is 29.3 Å². The van der Waals surface area contributed by atoms with Crippen LogP contribution < -0.4 is 5.73 Å². The molecule has 2 aromatic rings. The van der Waals surface area contributed by atoms with Gasteiger partial charge in [0.25, 0.3) is 0 Å². The third-order valence-electron chi connectivity index (χ3n) is 11.4. The van der Waals surface area contributed by atoms with Gasteiger partial charge in [0.2, 0.25) is 0 Å². The largest absolute Gasteiger partial charge is 0.393 e. The van der Waals surface area contributed by atoms with Crippen molar-refractivity contribution >= 4 is 17.4 Å². The second kappa shape index (κ2) is 10.5. The van der Waals surface area contributed by atoms with Gasteiger partial charge < -0.3 is 25.4 Å². The second-order valence-electron chi connectivity index (χ2n) is 13.3. The molecule has 0 unspecified atom stereocenters. The molecule has 8 nitrogen and oxygen atoms in total. The molecule has 9 atom stereocenters. The minimum atomic E-state index is -1.36. The fourth-order valence-corrected chi connectivity index (χ4v) is 9.45. The van der Waals surface area contributed by atoms with E-state index in [0.717, 1.165) is 35.1 Å². The Labute approximate surface area is 253 Å². The zero-order chi connectivity index (χ0) is 29.4. The van der Waals surface area contributed by atoms with Crippen molar-refractivity contribution in [3.05, 3.63) is 83.1 Å². The summed E-state index contributed by atoms with van der Waals surface area (Å²) < 4.78 is 13.2. The summed E-state index contributed by atoms with van der Waals surface area (Å²) in [6.07, 6.45) is 8.23. The Morgan fingerprint density at radius 3 is 2.67 bits per heavy atom. The van der Waals surface area contributed by atoms with Gasteiger partial charge in [0.15, 0.2) is 23.5 Å². The average Bonchev–Trinajstić information content (AvgIpc) is 3.47. The van der Waals surface area contributed by atoms with E-state index in [-0.39, 0.29) is 36.7 Å². The molecule has 0 spiro atoms. The van der Waals surface area contributed by atoms with E-state index in [1.807, 2.05) is 49.4 Å². The van der Waals surface area contributed by atoms with E-state index in [4.69, 9.17) is 15.2 Å². The average molecular weight is 587 g/mol. The molecule has 0 radical (unpaired) electrons. The normalized spacial score (nSPS) is 39.2. The summed E-state index contributed by atoms with van der Waals surface area (Å²) in [5.41, 5.74) is 7.42. The number of aliphatic hydroxyl groups is 2. The number of benzene rings is 1. The molecule has 4 fully saturated rings. The van der Waals surface area contributed by atoms with Gasteiger partial charge in [0.05, 0.1) is 12.2 Å². The summed E-state index contributed by atoms with van der Waals surface area (Å²) in [5, 5.41) is 22.0. The van der Waals surface area contributed by atoms with Crippen LogP contribution in [0.15, 0.2) is 66.4 Å². The molecule has 0 amide bonds. The molecule has 43 heavy (non-hydrogen) atoms. The molecule has 228 valence electrons. The Morgan fingerprint density at radius 1 is 1.19 bits per heavy atom. The number of aromatic nitrogens is 1. The molecule has 0 bridgehead atoms. The minimum absolute atomic E-state index is 0. The highest BCUT2D eigenvalue weighted by molar-refractivity contribution is 6.01. The number of Topliss-reactive ketones (excluding diaryl/α,β-unsaturated/α-hetero) is 1. The summed E-state index contributed by atoms with van der Waals surface area (Å²) in [6, 6.07) is 11.7. The summed E-state index contributed by atoms with van der Waals surface area (Å²) in [5.74, 6) is 0.230. The molecular formula is C35H42N2O6. The van der Waals surface area contributed by atoms with Gasteiger partial charge in [-0.15, -0.1) is 0 Å². The highest BCUT2D eigenvalue weighted by Crippen LogP contribution is 2.70. The van der Waals surface area contributed by atoms with E-state index in [1.54, 1.807) is 18.3 Å². The number of hydrogen-bond acceptors (Lipinski definition) is 8. The minimum Gasteiger partial charge on any atom is -0.393 e. The van der Waals surface area contributed by atoms with Gasteiger partial charge >= 0.3 is 0 Å². The van der Waals surface area contributed by atoms with Crippen LogP contribution in [0.3, 0.4) is 0 Å². The highest BCUT2D eigenvalue weighted by Gasteiger charge is 2.75. The number of carbonyl (C=O) groups excluding carboxylic acids is 2. The van der Waals surface area contributed by atoms with Crippen LogP contribution in [0.25, 0.3) is 0 Å². The Balaban J connectivity index is 0.00000329. The van der Waals surface area contributed by atoms with Crippen LogP contribution in [0.1, 0.15) is 69.9 Å². The maximum atomic E-state index is 13.7. The smallest absolute Gasteiger partial charge is 0.193 e. The lowest BCUT2D eigenvalue weighted by Crippen LogP contribution is -2.63. The molecule has 1 aromatic heterocycles. The monoisotopic (exact) mass is 586 g/mol. The summed E-state index contributed by atoms with van der Waals surface area (Å²) in [7, 11) is 0. The van der Waals surface area contributed by atoms with Gasteiger partial charge in [-0.1, -0.05) is 63.3 Å². The molecule has 1 aliphatic heterocycles. The summed E-state index contributed by atoms with van der Waals surface area (Å²) in [6.45, 7) is 3.52. The molecule has 5 aliphatic rings. The lowest BCUT2D eigenvalue weighted by molar-refractivity contribution is -0.201. The molecular weight excluding hydrogens is 544 g/mol. The summed E-state index contributed by atoms with van der Waals surface area (Å²) in [4.78, 5) is 30.0. The number of fused-ring (bicyclic) bond motifs is 7. The number of pyridine rings is 1. The van der Waals surface area contributed by atoms with Crippen LogP contribution in [-0.4, -0.2) is 51.2 Å². The van der Waals surface area contributed by atoms with E-state index >= 15 is 0 Å². The number of ether oxygens (including phenoxy) is 2. The third kappa shape index (κ3) is 4.21. The molecule has 8 heteroatoms. The van der Waals surface area contributed by atoms with Crippen molar-refractivity contribution in [3.8, 4) is 0 Å². The standard InChI is InChI=1S/C34H38N2O6.CH4/c1-32-12-11-23(38)15-22(32)9-10-24-25-16-28-34(27(40)18-37,33(25,2)17-26(39)29(24)32)42-31(41-28)20-7-5-19(6-8-20)14-21-4-3-13-36-30(21)35;/h3-8,11-13,15,24-26,28-29,31,37,39H,9-10,14,16-18H2,1-2H3,(H2,35,36);1H4/t24-,25-,26-,28+,29+,31+,32-,33-,34+;/m0./s1. The Hall–Kier alpha value is -3.17. The van der Waals surface area contributed by atoms with Crippen molar-refractivity contribution in [3.63, 3.8) is 0 Å². The maximum absolute atomic E-state index is 13.7. The number of aliphatic hydroxyl groups excluding tert-OH is 2. The lowest BCUT2D eigenvalue weighted by atomic mass is 9.46. The van der Waals surface area contributed by atoms with E-state index in [9.17, 15) is 19.8 Å². The maximum Gasteiger partial charge on any atom is 0.193 e. The first-order chi connectivity index (χ1) is 20.1. The van der Waals surface area contributed by atoms with Gasteiger partial charge in [-0.2, -0.15) is 0 Å². The van der Waals surface area contributed by atoms with Gasteiger partial charge in [-0.25, -0.2) is 4.98 Å². The molecule has 4 N–H and O–H groups in total. The zero-order valence-corrected chi connectivity index (χ0v) is 24.0. The first-order valence-electron chi connectivity index (χ1n) is 15.0. The van der Waals surface area contributed by atoms with Crippen LogP contribution in [0.2, 0.25) is 0 Å². The Kier molecular flexibility index (Phi) is 7.28. The highest BCUT2D eigenvalue weighted by atomic mass is 16.7. The first-order valence-corrected chi connectivity index (χ1v) is 15.0. The zero-order valence-electron chi connectivity index (χ0n) is 24.0. The van der Waals surface area contributed by atoms with Gasteiger partial charge in [0, 0.05) is 34.9 Å². The number of hydrogen-bond donors (Lipinski definition) is 3. The number of nitrogen functional groups attached to an aromatic ring is 1. The fraction of sp³-hybridized carbons (Fsp3) is 0.514. The number of nitrogens with two attached hydrogens (primary N) is 1. The number of carbonyl (C=O) groups is 2. The molecule has 7 rings (SSSR count). The molecule has 4 aliphatic carbocycles. The van der Waals surface area contributed by atoms with Crippen molar-refractivity contribution in [2.45, 2.75) is 77.5 Å². The predicted octanol–water partition coefficient (Wildman–Crippen LogP) is 4.49. The van der Waals surface area contributed by atoms with Crippen LogP contribution >= 0.6 is 0 Å². The SMILES string of the molecule is C.C[C@]12C=CC(=O)C=C1CC[C@@H]1[C@@H]2[C@@H](O)C[C@@]2(C)[C@H]1C[C@H]1O[C@@H](c3ccc(Cc4cccnc4N)cc3)O[C@]12C(=O)CO. The van der Waals surface area contributed by atoms with Gasteiger partial charge in [-0.05, 0) is 66.9 Å². The van der Waals surface area contributed by atoms with Crippen LogP contribution in [0, 0.1) is 28.6 Å². The van der Waals surface area contributed by atoms with E-state index in [1.165, 1.54) is 0 Å². The first kappa shape index (κ1) is 29.9. The quantitative estimate of drug-likeness (QED) is 0.467. The third-order valence-corrected chi connectivity index (χ3v) is 11.4. The fourth-order valence-electron chi connectivity index (χ4n) is 9.45. The van der Waals surface area contributed by atoms with Crippen molar-refractivity contribution in [2.24, 2.45) is 28.6 Å². The number of rotatable bonds is 5. The van der Waals surface area contributed by atoms with Crippen molar-refractivity contribution in [1.82, 2.24) is 4.98 Å². The Morgan fingerprint density at radius 2 is 1.95 bits per heavy atom. The molecule has 3 saturated carbocycles. The van der Waals surface area contributed by atoms with Crippen LogP contribution in [0.5, 0.6) is 0 Å². The number of allylic oxidation sites excluding steroid dienone is 4. The van der Waals surface area contributed by atoms with E-state index in [2.05, 4.69) is 11.9 Å².